The second-order valence-electron chi connectivity index (χ2n) is 9.76. The quantitative estimate of drug-likeness (QED) is 0.351. The van der Waals surface area contributed by atoms with Crippen LogP contribution < -0.4 is 15.2 Å². The highest BCUT2D eigenvalue weighted by atomic mass is 32.2. The first-order valence-electron chi connectivity index (χ1n) is 12.9. The third kappa shape index (κ3) is 5.65. The minimum absolute atomic E-state index is 0.134. The van der Waals surface area contributed by atoms with Crippen LogP contribution in [0.15, 0.2) is 77.7 Å². The first kappa shape index (κ1) is 28.2. The molecule has 39 heavy (non-hydrogen) atoms. The Hall–Kier alpha value is -3.82. The molecule has 0 saturated carbocycles. The first-order chi connectivity index (χ1) is 18.6. The summed E-state index contributed by atoms with van der Waals surface area (Å²) in [5, 5.41) is 7.97. The zero-order chi connectivity index (χ0) is 28.2. The summed E-state index contributed by atoms with van der Waals surface area (Å²) in [5.41, 5.74) is 0.761. The number of anilines is 1. The maximum absolute atomic E-state index is 13.9. The number of nitrogens with one attached hydrogen (secondary N) is 1. The van der Waals surface area contributed by atoms with Gasteiger partial charge in [-0.15, -0.1) is 0 Å². The zero-order valence-corrected chi connectivity index (χ0v) is 22.8. The van der Waals surface area contributed by atoms with E-state index < -0.39 is 38.8 Å². The number of sulfonamides is 1. The fraction of sp³-hybridized carbons (Fsp3) is 0.300. The molecule has 0 spiro atoms. The second kappa shape index (κ2) is 11.5. The summed E-state index contributed by atoms with van der Waals surface area (Å²) in [4.78, 5) is 40.6. The SMILES string of the molecule is CCCC1(CCC)C(=O)C(C(=O)Nc2ccc(OCc3ccccc3)cc2S(N)(=O)=O)C(=O)c2ccccc21. The van der Waals surface area contributed by atoms with Crippen molar-refractivity contribution < 1.29 is 27.5 Å². The van der Waals surface area contributed by atoms with Gasteiger partial charge in [0.25, 0.3) is 0 Å². The number of amides is 1. The molecule has 0 heterocycles. The predicted molar refractivity (Wildman–Crippen MR) is 148 cm³/mol. The number of ketones is 2. The van der Waals surface area contributed by atoms with Crippen molar-refractivity contribution in [3.8, 4) is 5.75 Å². The van der Waals surface area contributed by atoms with Gasteiger partial charge in [-0.25, -0.2) is 13.6 Å². The molecule has 0 fully saturated rings. The maximum atomic E-state index is 13.9. The summed E-state index contributed by atoms with van der Waals surface area (Å²) < 4.78 is 30.6. The Morgan fingerprint density at radius 2 is 1.59 bits per heavy atom. The Labute approximate surface area is 228 Å². The van der Waals surface area contributed by atoms with E-state index in [0.717, 1.165) is 5.56 Å². The second-order valence-corrected chi connectivity index (χ2v) is 11.3. The molecule has 204 valence electrons. The van der Waals surface area contributed by atoms with Gasteiger partial charge in [0.2, 0.25) is 15.9 Å². The van der Waals surface area contributed by atoms with Crippen molar-refractivity contribution in [3.05, 3.63) is 89.5 Å². The minimum atomic E-state index is -4.30. The summed E-state index contributed by atoms with van der Waals surface area (Å²) in [6.07, 6.45) is 2.35. The van der Waals surface area contributed by atoms with Crippen molar-refractivity contribution in [3.63, 3.8) is 0 Å². The van der Waals surface area contributed by atoms with E-state index in [1.165, 1.54) is 18.2 Å². The molecule has 0 radical (unpaired) electrons. The summed E-state index contributed by atoms with van der Waals surface area (Å²) in [6.45, 7) is 4.11. The van der Waals surface area contributed by atoms with Crippen LogP contribution in [0.4, 0.5) is 5.69 Å². The molecule has 0 aliphatic heterocycles. The average Bonchev–Trinajstić information content (AvgIpc) is 2.91. The van der Waals surface area contributed by atoms with Crippen molar-refractivity contribution in [1.29, 1.82) is 0 Å². The number of primary sulfonamides is 1. The Balaban J connectivity index is 1.67. The van der Waals surface area contributed by atoms with Crippen LogP contribution in [-0.4, -0.2) is 25.9 Å². The Morgan fingerprint density at radius 3 is 2.23 bits per heavy atom. The number of carbonyl (C=O) groups excluding carboxylic acids is 3. The molecular formula is C30H32N2O6S. The van der Waals surface area contributed by atoms with E-state index in [9.17, 15) is 22.8 Å². The lowest BCUT2D eigenvalue weighted by Crippen LogP contribution is -2.52. The van der Waals surface area contributed by atoms with E-state index in [1.807, 2.05) is 44.2 Å². The summed E-state index contributed by atoms with van der Waals surface area (Å²) in [5.74, 6) is -3.34. The molecule has 3 N–H and O–H groups in total. The topological polar surface area (TPSA) is 133 Å². The lowest BCUT2D eigenvalue weighted by atomic mass is 9.60. The molecule has 3 aromatic rings. The number of fused-ring (bicyclic) bond motifs is 1. The van der Waals surface area contributed by atoms with E-state index in [1.54, 1.807) is 24.3 Å². The van der Waals surface area contributed by atoms with Gasteiger partial charge in [0.15, 0.2) is 17.5 Å². The van der Waals surface area contributed by atoms with Crippen LogP contribution in [0.25, 0.3) is 0 Å². The fourth-order valence-corrected chi connectivity index (χ4v) is 6.11. The first-order valence-corrected chi connectivity index (χ1v) is 14.5. The molecule has 0 aromatic heterocycles. The Bertz CT molecular complexity index is 1490. The van der Waals surface area contributed by atoms with Crippen LogP contribution in [0.2, 0.25) is 0 Å². The molecule has 1 atom stereocenters. The molecule has 1 amide bonds. The number of Topliss-reactive ketones (excluding diaryl/α,β-unsaturated/α-hetero) is 2. The lowest BCUT2D eigenvalue weighted by molar-refractivity contribution is -0.134. The predicted octanol–water partition coefficient (Wildman–Crippen LogP) is 4.77. The summed E-state index contributed by atoms with van der Waals surface area (Å²) >= 11 is 0. The Morgan fingerprint density at radius 1 is 0.949 bits per heavy atom. The highest BCUT2D eigenvalue weighted by molar-refractivity contribution is 7.89. The summed E-state index contributed by atoms with van der Waals surface area (Å²) in [6, 6.07) is 20.3. The van der Waals surface area contributed by atoms with Crippen LogP contribution in [0.3, 0.4) is 0 Å². The average molecular weight is 549 g/mol. The highest BCUT2D eigenvalue weighted by Crippen LogP contribution is 2.44. The monoisotopic (exact) mass is 548 g/mol. The molecule has 4 rings (SSSR count). The van der Waals surface area contributed by atoms with E-state index in [4.69, 9.17) is 9.88 Å². The smallest absolute Gasteiger partial charge is 0.242 e. The van der Waals surface area contributed by atoms with Gasteiger partial charge in [-0.1, -0.05) is 81.3 Å². The number of hydrogen-bond acceptors (Lipinski definition) is 6. The maximum Gasteiger partial charge on any atom is 0.242 e. The number of hydrogen-bond donors (Lipinski definition) is 2. The fourth-order valence-electron chi connectivity index (χ4n) is 5.41. The van der Waals surface area contributed by atoms with E-state index in [2.05, 4.69) is 5.32 Å². The van der Waals surface area contributed by atoms with Crippen molar-refractivity contribution >= 4 is 33.2 Å². The molecule has 8 nitrogen and oxygen atoms in total. The highest BCUT2D eigenvalue weighted by Gasteiger charge is 2.53. The van der Waals surface area contributed by atoms with Crippen molar-refractivity contribution in [2.45, 2.75) is 56.4 Å². The lowest BCUT2D eigenvalue weighted by Gasteiger charge is -2.40. The molecular weight excluding hydrogens is 516 g/mol. The summed E-state index contributed by atoms with van der Waals surface area (Å²) in [7, 11) is -4.30. The largest absolute Gasteiger partial charge is 0.489 e. The minimum Gasteiger partial charge on any atom is -0.489 e. The van der Waals surface area contributed by atoms with Crippen molar-refractivity contribution in [2.24, 2.45) is 11.1 Å². The van der Waals surface area contributed by atoms with Gasteiger partial charge in [-0.05, 0) is 36.1 Å². The van der Waals surface area contributed by atoms with Gasteiger partial charge < -0.3 is 10.1 Å². The molecule has 1 aliphatic rings. The normalized spacial score (nSPS) is 16.4. The van der Waals surface area contributed by atoms with Gasteiger partial charge in [-0.3, -0.25) is 14.4 Å². The van der Waals surface area contributed by atoms with Gasteiger partial charge in [0, 0.05) is 11.6 Å². The van der Waals surface area contributed by atoms with Crippen LogP contribution in [0.1, 0.15) is 61.0 Å². The zero-order valence-electron chi connectivity index (χ0n) is 22.0. The standard InChI is InChI=1S/C30H32N2O6S/c1-3-16-30(17-4-2)23-13-9-8-12-22(23)27(33)26(28(30)34)29(35)32-24-15-14-21(18-25(24)39(31,36)37)38-19-20-10-6-5-7-11-20/h5-15,18,26H,3-4,16-17,19H2,1-2H3,(H,32,35)(H2,31,36,37). The van der Waals surface area contributed by atoms with Gasteiger partial charge in [0.05, 0.1) is 11.1 Å². The third-order valence-corrected chi connectivity index (χ3v) is 8.04. The molecule has 1 unspecified atom stereocenters. The van der Waals surface area contributed by atoms with Crippen LogP contribution in [0.5, 0.6) is 5.75 Å². The van der Waals surface area contributed by atoms with E-state index in [0.29, 0.717) is 36.8 Å². The molecule has 9 heteroatoms. The number of benzene rings is 3. The van der Waals surface area contributed by atoms with Gasteiger partial charge >= 0.3 is 0 Å². The van der Waals surface area contributed by atoms with Crippen LogP contribution >= 0.6 is 0 Å². The molecule has 3 aromatic carbocycles. The van der Waals surface area contributed by atoms with Crippen LogP contribution in [-0.2, 0) is 31.6 Å². The van der Waals surface area contributed by atoms with Crippen LogP contribution in [0, 0.1) is 5.92 Å². The van der Waals surface area contributed by atoms with Crippen molar-refractivity contribution in [1.82, 2.24) is 0 Å². The molecule has 1 aliphatic carbocycles. The number of rotatable bonds is 10. The Kier molecular flexibility index (Phi) is 8.32. The van der Waals surface area contributed by atoms with E-state index >= 15 is 0 Å². The third-order valence-electron chi connectivity index (χ3n) is 7.09. The number of carbonyl (C=O) groups is 3. The van der Waals surface area contributed by atoms with E-state index in [-0.39, 0.29) is 22.9 Å². The molecule has 0 saturated heterocycles. The molecule has 0 bridgehead atoms. The van der Waals surface area contributed by atoms with Gasteiger partial charge in [0.1, 0.15) is 17.3 Å². The number of ether oxygens (including phenoxy) is 1. The van der Waals surface area contributed by atoms with Crippen molar-refractivity contribution in [2.75, 3.05) is 5.32 Å². The van der Waals surface area contributed by atoms with Gasteiger partial charge in [-0.2, -0.15) is 0 Å². The number of nitrogens with two attached hydrogens (primary N) is 1.